The first kappa shape index (κ1) is 10.3. The van der Waals surface area contributed by atoms with E-state index in [0.717, 1.165) is 0 Å². The minimum absolute atomic E-state index is 0.689. The van der Waals surface area contributed by atoms with Crippen LogP contribution in [0.5, 0.6) is 0 Å². The first-order valence-corrected chi connectivity index (χ1v) is 5.36. The van der Waals surface area contributed by atoms with E-state index in [4.69, 9.17) is 0 Å². The van der Waals surface area contributed by atoms with Gasteiger partial charge in [0.15, 0.2) is 0 Å². The minimum atomic E-state index is 0.689. The number of unbranched alkanes of at least 4 members (excludes halogenated alkanes) is 2. The fraction of sp³-hybridized carbons (Fsp3) is 0.727. The molecule has 74 valence electrons. The SMILES string of the molecule is CCCCCC(CC)c1cnc[nH]1. The maximum absolute atomic E-state index is 4.06. The molecule has 1 aromatic rings. The lowest BCUT2D eigenvalue weighted by Crippen LogP contribution is -1.97. The zero-order valence-electron chi connectivity index (χ0n) is 8.71. The van der Waals surface area contributed by atoms with E-state index >= 15 is 0 Å². The Labute approximate surface area is 80.8 Å². The summed E-state index contributed by atoms with van der Waals surface area (Å²) in [7, 11) is 0. The average Bonchev–Trinajstić information content (AvgIpc) is 2.65. The Balaban J connectivity index is 2.35. The lowest BCUT2D eigenvalue weighted by Gasteiger charge is -2.11. The average molecular weight is 180 g/mol. The molecule has 0 aliphatic heterocycles. The van der Waals surface area contributed by atoms with Crippen molar-refractivity contribution in [2.75, 3.05) is 0 Å². The third kappa shape index (κ3) is 3.21. The molecule has 0 bridgehead atoms. The second-order valence-corrected chi connectivity index (χ2v) is 3.61. The van der Waals surface area contributed by atoms with Gasteiger partial charge in [-0.15, -0.1) is 0 Å². The summed E-state index contributed by atoms with van der Waals surface area (Å²) in [6.07, 6.45) is 10.2. The number of aromatic amines is 1. The summed E-state index contributed by atoms with van der Waals surface area (Å²) in [5.74, 6) is 0.689. The molecule has 0 saturated heterocycles. The predicted molar refractivity (Wildman–Crippen MR) is 55.8 cm³/mol. The highest BCUT2D eigenvalue weighted by Crippen LogP contribution is 2.23. The topological polar surface area (TPSA) is 28.7 Å². The van der Waals surface area contributed by atoms with Crippen molar-refractivity contribution in [2.24, 2.45) is 0 Å². The van der Waals surface area contributed by atoms with Crippen molar-refractivity contribution in [3.63, 3.8) is 0 Å². The first-order chi connectivity index (χ1) is 6.38. The van der Waals surface area contributed by atoms with E-state index in [2.05, 4.69) is 23.8 Å². The predicted octanol–water partition coefficient (Wildman–Crippen LogP) is 3.48. The summed E-state index contributed by atoms with van der Waals surface area (Å²) >= 11 is 0. The molecule has 1 N–H and O–H groups in total. The molecule has 0 spiro atoms. The van der Waals surface area contributed by atoms with Gasteiger partial charge in [-0.3, -0.25) is 0 Å². The molecule has 0 saturated carbocycles. The van der Waals surface area contributed by atoms with E-state index in [1.807, 2.05) is 6.20 Å². The van der Waals surface area contributed by atoms with Crippen LogP contribution in [0.15, 0.2) is 12.5 Å². The van der Waals surface area contributed by atoms with Crippen LogP contribution in [0.1, 0.15) is 57.6 Å². The normalized spacial score (nSPS) is 13.1. The van der Waals surface area contributed by atoms with Crippen LogP contribution >= 0.6 is 0 Å². The van der Waals surface area contributed by atoms with Crippen LogP contribution in [-0.4, -0.2) is 9.97 Å². The summed E-state index contributed by atoms with van der Waals surface area (Å²) < 4.78 is 0. The molecule has 0 radical (unpaired) electrons. The molecule has 2 nitrogen and oxygen atoms in total. The second-order valence-electron chi connectivity index (χ2n) is 3.61. The van der Waals surface area contributed by atoms with Gasteiger partial charge in [0, 0.05) is 17.8 Å². The van der Waals surface area contributed by atoms with Crippen molar-refractivity contribution in [1.82, 2.24) is 9.97 Å². The van der Waals surface area contributed by atoms with E-state index in [-0.39, 0.29) is 0 Å². The Morgan fingerprint density at radius 2 is 2.23 bits per heavy atom. The third-order valence-electron chi connectivity index (χ3n) is 2.61. The number of nitrogens with one attached hydrogen (secondary N) is 1. The maximum Gasteiger partial charge on any atom is 0.0921 e. The van der Waals surface area contributed by atoms with Gasteiger partial charge in [-0.1, -0.05) is 33.1 Å². The van der Waals surface area contributed by atoms with Crippen LogP contribution in [-0.2, 0) is 0 Å². The van der Waals surface area contributed by atoms with Gasteiger partial charge in [0.05, 0.1) is 6.33 Å². The molecule has 0 aromatic carbocycles. The molecule has 1 atom stereocenters. The Bertz CT molecular complexity index is 204. The van der Waals surface area contributed by atoms with Crippen molar-refractivity contribution < 1.29 is 0 Å². The lowest BCUT2D eigenvalue weighted by atomic mass is 9.96. The molecule has 1 aromatic heterocycles. The van der Waals surface area contributed by atoms with E-state index in [1.54, 1.807) is 6.33 Å². The number of imidazole rings is 1. The molecular weight excluding hydrogens is 160 g/mol. The fourth-order valence-corrected chi connectivity index (χ4v) is 1.71. The lowest BCUT2D eigenvalue weighted by molar-refractivity contribution is 0.545. The molecule has 2 heteroatoms. The summed E-state index contributed by atoms with van der Waals surface area (Å²) in [5, 5.41) is 0. The second kappa shape index (κ2) is 5.79. The molecule has 1 rings (SSSR count). The van der Waals surface area contributed by atoms with E-state index in [9.17, 15) is 0 Å². The van der Waals surface area contributed by atoms with Gasteiger partial charge in [-0.05, 0) is 12.8 Å². The van der Waals surface area contributed by atoms with Gasteiger partial charge >= 0.3 is 0 Å². The number of hydrogen-bond donors (Lipinski definition) is 1. The summed E-state index contributed by atoms with van der Waals surface area (Å²) in [6.45, 7) is 4.49. The van der Waals surface area contributed by atoms with Gasteiger partial charge in [0.25, 0.3) is 0 Å². The standard InChI is InChI=1S/C11H20N2/c1-3-5-6-7-10(4-2)11-8-12-9-13-11/h8-10H,3-7H2,1-2H3,(H,12,13). The molecule has 0 fully saturated rings. The summed E-state index contributed by atoms with van der Waals surface area (Å²) in [5.41, 5.74) is 1.30. The number of H-pyrrole nitrogens is 1. The van der Waals surface area contributed by atoms with Crippen molar-refractivity contribution in [3.8, 4) is 0 Å². The quantitative estimate of drug-likeness (QED) is 0.667. The van der Waals surface area contributed by atoms with Crippen LogP contribution in [0.3, 0.4) is 0 Å². The highest BCUT2D eigenvalue weighted by Gasteiger charge is 2.09. The maximum atomic E-state index is 4.06. The largest absolute Gasteiger partial charge is 0.348 e. The molecule has 0 amide bonds. The Morgan fingerprint density at radius 3 is 2.77 bits per heavy atom. The molecule has 0 aliphatic carbocycles. The molecule has 1 unspecified atom stereocenters. The smallest absolute Gasteiger partial charge is 0.0921 e. The van der Waals surface area contributed by atoms with Crippen LogP contribution in [0, 0.1) is 0 Å². The highest BCUT2D eigenvalue weighted by atomic mass is 14.9. The van der Waals surface area contributed by atoms with Crippen LogP contribution in [0.4, 0.5) is 0 Å². The van der Waals surface area contributed by atoms with Crippen LogP contribution < -0.4 is 0 Å². The molecular formula is C11H20N2. The molecule has 1 heterocycles. The summed E-state index contributed by atoms with van der Waals surface area (Å²) in [6, 6.07) is 0. The van der Waals surface area contributed by atoms with Crippen molar-refractivity contribution in [3.05, 3.63) is 18.2 Å². The van der Waals surface area contributed by atoms with Gasteiger partial charge < -0.3 is 4.98 Å². The Kier molecular flexibility index (Phi) is 4.58. The highest BCUT2D eigenvalue weighted by molar-refractivity contribution is 5.02. The van der Waals surface area contributed by atoms with E-state index in [0.29, 0.717) is 5.92 Å². The Hall–Kier alpha value is -0.790. The summed E-state index contributed by atoms with van der Waals surface area (Å²) in [4.78, 5) is 7.27. The Morgan fingerprint density at radius 1 is 1.38 bits per heavy atom. The number of aromatic nitrogens is 2. The first-order valence-electron chi connectivity index (χ1n) is 5.36. The van der Waals surface area contributed by atoms with Crippen molar-refractivity contribution in [1.29, 1.82) is 0 Å². The molecule has 0 aliphatic rings. The fourth-order valence-electron chi connectivity index (χ4n) is 1.71. The van der Waals surface area contributed by atoms with Gasteiger partial charge in [0.1, 0.15) is 0 Å². The van der Waals surface area contributed by atoms with Crippen molar-refractivity contribution in [2.45, 2.75) is 51.9 Å². The number of nitrogens with zero attached hydrogens (tertiary/aromatic N) is 1. The van der Waals surface area contributed by atoms with Gasteiger partial charge in [-0.2, -0.15) is 0 Å². The van der Waals surface area contributed by atoms with Crippen LogP contribution in [0.2, 0.25) is 0 Å². The molecule has 13 heavy (non-hydrogen) atoms. The zero-order chi connectivity index (χ0) is 9.52. The zero-order valence-corrected chi connectivity index (χ0v) is 8.71. The monoisotopic (exact) mass is 180 g/mol. The van der Waals surface area contributed by atoms with Crippen molar-refractivity contribution >= 4 is 0 Å². The third-order valence-corrected chi connectivity index (χ3v) is 2.61. The van der Waals surface area contributed by atoms with Crippen LogP contribution in [0.25, 0.3) is 0 Å². The number of rotatable bonds is 6. The van der Waals surface area contributed by atoms with Gasteiger partial charge in [-0.25, -0.2) is 4.98 Å². The number of hydrogen-bond acceptors (Lipinski definition) is 1. The minimum Gasteiger partial charge on any atom is -0.348 e. The van der Waals surface area contributed by atoms with Gasteiger partial charge in [0.2, 0.25) is 0 Å². The van der Waals surface area contributed by atoms with E-state index < -0.39 is 0 Å². The van der Waals surface area contributed by atoms with E-state index in [1.165, 1.54) is 37.8 Å².